The quantitative estimate of drug-likeness (QED) is 0.851. The molecule has 2 nitrogen and oxygen atoms in total. The number of rotatable bonds is 6. The van der Waals surface area contributed by atoms with Crippen LogP contribution in [-0.2, 0) is 17.8 Å². The zero-order valence-corrected chi connectivity index (χ0v) is 11.9. The molecule has 0 spiro atoms. The summed E-state index contributed by atoms with van der Waals surface area (Å²) in [7, 11) is 0. The van der Waals surface area contributed by atoms with Gasteiger partial charge >= 0.3 is 0 Å². The Morgan fingerprint density at radius 2 is 1.50 bits per heavy atom. The molecule has 1 amide bonds. The van der Waals surface area contributed by atoms with Gasteiger partial charge in [-0.15, -0.1) is 0 Å². The lowest BCUT2D eigenvalue weighted by Gasteiger charge is -2.15. The van der Waals surface area contributed by atoms with Gasteiger partial charge < -0.3 is 5.32 Å². The molecule has 2 aromatic rings. The Morgan fingerprint density at radius 1 is 0.950 bits per heavy atom. The number of benzene rings is 2. The Kier molecular flexibility index (Phi) is 5.36. The predicted octanol–water partition coefficient (Wildman–Crippen LogP) is 3.57. The Labute approximate surface area is 120 Å². The van der Waals surface area contributed by atoms with E-state index in [1.54, 1.807) is 0 Å². The molecule has 104 valence electrons. The normalized spacial score (nSPS) is 11.8. The minimum absolute atomic E-state index is 0.0427. The summed E-state index contributed by atoms with van der Waals surface area (Å²) < 4.78 is 0. The molecule has 0 saturated carbocycles. The van der Waals surface area contributed by atoms with Crippen molar-refractivity contribution in [3.63, 3.8) is 0 Å². The summed E-state index contributed by atoms with van der Waals surface area (Å²) >= 11 is 0. The monoisotopic (exact) mass is 267 g/mol. The van der Waals surface area contributed by atoms with Crippen LogP contribution >= 0.6 is 0 Å². The van der Waals surface area contributed by atoms with Gasteiger partial charge in [0, 0.05) is 12.5 Å². The second-order valence-electron chi connectivity index (χ2n) is 5.00. The van der Waals surface area contributed by atoms with E-state index in [2.05, 4.69) is 24.4 Å². The van der Waals surface area contributed by atoms with Gasteiger partial charge in [-0.2, -0.15) is 0 Å². The molecule has 1 atom stereocenters. The highest BCUT2D eigenvalue weighted by molar-refractivity contribution is 5.78. The number of hydrogen-bond acceptors (Lipinski definition) is 1. The third-order valence-electron chi connectivity index (χ3n) is 3.50. The zero-order chi connectivity index (χ0) is 14.2. The van der Waals surface area contributed by atoms with Gasteiger partial charge in [0.15, 0.2) is 0 Å². The third kappa shape index (κ3) is 4.23. The Bertz CT molecular complexity index is 522. The maximum absolute atomic E-state index is 12.2. The summed E-state index contributed by atoms with van der Waals surface area (Å²) in [4.78, 5) is 12.2. The topological polar surface area (TPSA) is 29.1 Å². The van der Waals surface area contributed by atoms with E-state index in [-0.39, 0.29) is 11.8 Å². The van der Waals surface area contributed by atoms with Gasteiger partial charge in [0.1, 0.15) is 0 Å². The van der Waals surface area contributed by atoms with Crippen LogP contribution in [0, 0.1) is 5.92 Å². The van der Waals surface area contributed by atoms with Gasteiger partial charge in [-0.25, -0.2) is 0 Å². The highest BCUT2D eigenvalue weighted by Gasteiger charge is 2.16. The van der Waals surface area contributed by atoms with Gasteiger partial charge in [0.25, 0.3) is 0 Å². The summed E-state index contributed by atoms with van der Waals surface area (Å²) in [6.45, 7) is 2.67. The van der Waals surface area contributed by atoms with Crippen LogP contribution in [0.1, 0.15) is 24.5 Å². The minimum atomic E-state index is 0.0427. The summed E-state index contributed by atoms with van der Waals surface area (Å²) in [5.41, 5.74) is 2.35. The summed E-state index contributed by atoms with van der Waals surface area (Å²) in [6.07, 6.45) is 1.66. The molecule has 2 heteroatoms. The van der Waals surface area contributed by atoms with Crippen LogP contribution in [0.15, 0.2) is 60.7 Å². The lowest BCUT2D eigenvalue weighted by Crippen LogP contribution is -2.31. The highest BCUT2D eigenvalue weighted by Crippen LogP contribution is 2.12. The molecule has 0 saturated heterocycles. The Hall–Kier alpha value is -2.09. The summed E-state index contributed by atoms with van der Waals surface area (Å²) in [5.74, 6) is 0.182. The molecule has 0 aromatic heterocycles. The first kappa shape index (κ1) is 14.3. The molecule has 20 heavy (non-hydrogen) atoms. The third-order valence-corrected chi connectivity index (χ3v) is 3.50. The number of nitrogens with one attached hydrogen (secondary N) is 1. The SMILES string of the molecule is CCC(Cc1ccccc1)C(=O)NCc1ccccc1. The predicted molar refractivity (Wildman–Crippen MR) is 82.2 cm³/mol. The maximum Gasteiger partial charge on any atom is 0.223 e. The van der Waals surface area contributed by atoms with E-state index in [1.165, 1.54) is 5.56 Å². The van der Waals surface area contributed by atoms with E-state index in [0.717, 1.165) is 18.4 Å². The molecule has 0 radical (unpaired) electrons. The standard InChI is InChI=1S/C18H21NO/c1-2-17(13-15-9-5-3-6-10-15)18(20)19-14-16-11-7-4-8-12-16/h3-12,17H,2,13-14H2,1H3,(H,19,20). The molecule has 0 fully saturated rings. The maximum atomic E-state index is 12.2. The molecule has 1 unspecified atom stereocenters. The van der Waals surface area contributed by atoms with Crippen molar-refractivity contribution in [2.75, 3.05) is 0 Å². The first-order valence-corrected chi connectivity index (χ1v) is 7.15. The van der Waals surface area contributed by atoms with Crippen LogP contribution in [0.4, 0.5) is 0 Å². The van der Waals surface area contributed by atoms with Gasteiger partial charge in [0.05, 0.1) is 0 Å². The highest BCUT2D eigenvalue weighted by atomic mass is 16.1. The van der Waals surface area contributed by atoms with Gasteiger partial charge in [-0.05, 0) is 24.0 Å². The van der Waals surface area contributed by atoms with Crippen LogP contribution in [0.3, 0.4) is 0 Å². The fourth-order valence-corrected chi connectivity index (χ4v) is 2.25. The van der Waals surface area contributed by atoms with E-state index in [4.69, 9.17) is 0 Å². The fraction of sp³-hybridized carbons (Fsp3) is 0.278. The van der Waals surface area contributed by atoms with Crippen molar-refractivity contribution in [1.82, 2.24) is 5.32 Å². The summed E-state index contributed by atoms with van der Waals surface area (Å²) in [6, 6.07) is 20.2. The van der Waals surface area contributed by atoms with Crippen LogP contribution in [0.5, 0.6) is 0 Å². The van der Waals surface area contributed by atoms with Crippen molar-refractivity contribution in [3.05, 3.63) is 71.8 Å². The second kappa shape index (κ2) is 7.49. The molecule has 0 heterocycles. The van der Waals surface area contributed by atoms with Crippen molar-refractivity contribution < 1.29 is 4.79 Å². The van der Waals surface area contributed by atoms with Crippen molar-refractivity contribution >= 4 is 5.91 Å². The molecule has 1 N–H and O–H groups in total. The van der Waals surface area contributed by atoms with E-state index in [9.17, 15) is 4.79 Å². The molecule has 0 bridgehead atoms. The fourth-order valence-electron chi connectivity index (χ4n) is 2.25. The lowest BCUT2D eigenvalue weighted by molar-refractivity contribution is -0.125. The van der Waals surface area contributed by atoms with Crippen LogP contribution in [0.25, 0.3) is 0 Å². The van der Waals surface area contributed by atoms with Crippen LogP contribution in [-0.4, -0.2) is 5.91 Å². The first-order chi connectivity index (χ1) is 9.79. The van der Waals surface area contributed by atoms with Crippen LogP contribution in [0.2, 0.25) is 0 Å². The molecule has 0 aliphatic carbocycles. The van der Waals surface area contributed by atoms with E-state index >= 15 is 0 Å². The average molecular weight is 267 g/mol. The van der Waals surface area contributed by atoms with Gasteiger partial charge in [0.2, 0.25) is 5.91 Å². The lowest BCUT2D eigenvalue weighted by atomic mass is 9.96. The number of carbonyl (C=O) groups is 1. The number of amides is 1. The largest absolute Gasteiger partial charge is 0.352 e. The molecule has 0 aliphatic heterocycles. The zero-order valence-electron chi connectivity index (χ0n) is 11.9. The number of carbonyl (C=O) groups excluding carboxylic acids is 1. The van der Waals surface area contributed by atoms with E-state index < -0.39 is 0 Å². The number of hydrogen-bond donors (Lipinski definition) is 1. The van der Waals surface area contributed by atoms with Gasteiger partial charge in [-0.3, -0.25) is 4.79 Å². The van der Waals surface area contributed by atoms with E-state index in [0.29, 0.717) is 6.54 Å². The Morgan fingerprint density at radius 3 is 2.05 bits per heavy atom. The Balaban J connectivity index is 1.89. The van der Waals surface area contributed by atoms with Crippen molar-refractivity contribution in [1.29, 1.82) is 0 Å². The molecule has 2 aromatic carbocycles. The van der Waals surface area contributed by atoms with E-state index in [1.807, 2.05) is 48.5 Å². The van der Waals surface area contributed by atoms with Crippen molar-refractivity contribution in [2.24, 2.45) is 5.92 Å². The molecule has 0 aliphatic rings. The molecule has 2 rings (SSSR count). The summed E-state index contributed by atoms with van der Waals surface area (Å²) in [5, 5.41) is 3.03. The smallest absolute Gasteiger partial charge is 0.223 e. The second-order valence-corrected chi connectivity index (χ2v) is 5.00. The molecular weight excluding hydrogens is 246 g/mol. The van der Waals surface area contributed by atoms with Crippen molar-refractivity contribution in [2.45, 2.75) is 26.3 Å². The van der Waals surface area contributed by atoms with Crippen molar-refractivity contribution in [3.8, 4) is 0 Å². The van der Waals surface area contributed by atoms with Crippen LogP contribution < -0.4 is 5.32 Å². The van der Waals surface area contributed by atoms with Gasteiger partial charge in [-0.1, -0.05) is 67.6 Å². The first-order valence-electron chi connectivity index (χ1n) is 7.15. The average Bonchev–Trinajstić information content (AvgIpc) is 2.52. The minimum Gasteiger partial charge on any atom is -0.352 e. The molecular formula is C18H21NO.